The van der Waals surface area contributed by atoms with E-state index >= 15 is 0 Å². The summed E-state index contributed by atoms with van der Waals surface area (Å²) >= 11 is 0. The third-order valence-electron chi connectivity index (χ3n) is 2.07. The van der Waals surface area contributed by atoms with E-state index in [1.807, 2.05) is 39.3 Å². The highest BCUT2D eigenvalue weighted by molar-refractivity contribution is 5.09. The Hall–Kier alpha value is -1.12. The highest BCUT2D eigenvalue weighted by Crippen LogP contribution is 2.18. The summed E-state index contributed by atoms with van der Waals surface area (Å²) in [6, 6.07) is 1.55. The summed E-state index contributed by atoms with van der Waals surface area (Å²) in [6.07, 6.45) is 0. The Morgan fingerprint density at radius 1 is 1.38 bits per heavy atom. The van der Waals surface area contributed by atoms with Crippen molar-refractivity contribution >= 4 is 0 Å². The van der Waals surface area contributed by atoms with Crippen molar-refractivity contribution in [2.24, 2.45) is 7.05 Å². The molecule has 3 nitrogen and oxygen atoms in total. The SMILES string of the molecule is Cc1cc(=O)nc(C(C)(C)C)n1C. The van der Waals surface area contributed by atoms with Gasteiger partial charge in [-0.2, -0.15) is 4.98 Å². The fraction of sp³-hybridized carbons (Fsp3) is 0.600. The minimum atomic E-state index is -0.152. The number of rotatable bonds is 0. The quantitative estimate of drug-likeness (QED) is 0.604. The Labute approximate surface area is 78.4 Å². The van der Waals surface area contributed by atoms with Gasteiger partial charge >= 0.3 is 0 Å². The van der Waals surface area contributed by atoms with Gasteiger partial charge in [0.25, 0.3) is 5.56 Å². The molecule has 13 heavy (non-hydrogen) atoms. The van der Waals surface area contributed by atoms with Crippen LogP contribution in [0.2, 0.25) is 0 Å². The molecule has 0 unspecified atom stereocenters. The molecule has 0 aromatic carbocycles. The molecule has 0 radical (unpaired) electrons. The third-order valence-corrected chi connectivity index (χ3v) is 2.07. The van der Waals surface area contributed by atoms with Crippen LogP contribution in [-0.2, 0) is 12.5 Å². The van der Waals surface area contributed by atoms with E-state index in [9.17, 15) is 4.79 Å². The first-order valence-electron chi connectivity index (χ1n) is 4.37. The van der Waals surface area contributed by atoms with Crippen LogP contribution in [0.5, 0.6) is 0 Å². The Bertz CT molecular complexity index is 371. The first kappa shape index (κ1) is 9.96. The van der Waals surface area contributed by atoms with Crippen molar-refractivity contribution in [3.8, 4) is 0 Å². The lowest BCUT2D eigenvalue weighted by Gasteiger charge is -2.21. The second-order valence-electron chi connectivity index (χ2n) is 4.37. The van der Waals surface area contributed by atoms with Gasteiger partial charge in [-0.15, -0.1) is 0 Å². The summed E-state index contributed by atoms with van der Waals surface area (Å²) in [4.78, 5) is 15.2. The minimum absolute atomic E-state index is 0.0834. The van der Waals surface area contributed by atoms with E-state index < -0.39 is 0 Å². The standard InChI is InChI=1S/C10H16N2O/c1-7-6-8(13)11-9(12(7)5)10(2,3)4/h6H,1-5H3. The van der Waals surface area contributed by atoms with Crippen molar-refractivity contribution in [3.63, 3.8) is 0 Å². The molecule has 0 fully saturated rings. The summed E-state index contributed by atoms with van der Waals surface area (Å²) < 4.78 is 1.96. The van der Waals surface area contributed by atoms with Gasteiger partial charge in [0, 0.05) is 24.2 Å². The van der Waals surface area contributed by atoms with Gasteiger partial charge in [0.05, 0.1) is 0 Å². The zero-order valence-electron chi connectivity index (χ0n) is 8.88. The second kappa shape index (κ2) is 2.98. The first-order chi connectivity index (χ1) is 5.82. The topological polar surface area (TPSA) is 34.9 Å². The molecule has 72 valence electrons. The number of aryl methyl sites for hydroxylation is 1. The monoisotopic (exact) mass is 180 g/mol. The van der Waals surface area contributed by atoms with Crippen molar-refractivity contribution < 1.29 is 0 Å². The van der Waals surface area contributed by atoms with Gasteiger partial charge < -0.3 is 4.57 Å². The Morgan fingerprint density at radius 2 is 1.92 bits per heavy atom. The zero-order valence-corrected chi connectivity index (χ0v) is 8.88. The molecule has 1 rings (SSSR count). The van der Waals surface area contributed by atoms with Gasteiger partial charge in [-0.1, -0.05) is 20.8 Å². The summed E-state index contributed by atoms with van der Waals surface area (Å²) in [6.45, 7) is 8.06. The molecule has 0 aliphatic carbocycles. The van der Waals surface area contributed by atoms with Crippen LogP contribution in [0.4, 0.5) is 0 Å². The van der Waals surface area contributed by atoms with E-state index in [4.69, 9.17) is 0 Å². The van der Waals surface area contributed by atoms with Crippen molar-refractivity contribution in [2.45, 2.75) is 33.1 Å². The van der Waals surface area contributed by atoms with E-state index in [1.165, 1.54) is 0 Å². The number of hydrogen-bond donors (Lipinski definition) is 0. The van der Waals surface area contributed by atoms with Crippen LogP contribution in [0.15, 0.2) is 10.9 Å². The highest BCUT2D eigenvalue weighted by Gasteiger charge is 2.19. The molecule has 0 aliphatic rings. The summed E-state index contributed by atoms with van der Waals surface area (Å²) in [5.41, 5.74) is 0.713. The maximum Gasteiger partial charge on any atom is 0.273 e. The van der Waals surface area contributed by atoms with Crippen LogP contribution >= 0.6 is 0 Å². The van der Waals surface area contributed by atoms with Crippen LogP contribution < -0.4 is 5.56 Å². The van der Waals surface area contributed by atoms with E-state index in [-0.39, 0.29) is 11.0 Å². The fourth-order valence-corrected chi connectivity index (χ4v) is 1.33. The Morgan fingerprint density at radius 3 is 2.38 bits per heavy atom. The molecular weight excluding hydrogens is 164 g/mol. The first-order valence-corrected chi connectivity index (χ1v) is 4.37. The lowest BCUT2D eigenvalue weighted by Crippen LogP contribution is -2.26. The van der Waals surface area contributed by atoms with Crippen molar-refractivity contribution in [1.29, 1.82) is 0 Å². The lowest BCUT2D eigenvalue weighted by atomic mass is 9.95. The van der Waals surface area contributed by atoms with Crippen molar-refractivity contribution in [2.75, 3.05) is 0 Å². The molecule has 0 aliphatic heterocycles. The van der Waals surface area contributed by atoms with E-state index in [0.29, 0.717) is 0 Å². The van der Waals surface area contributed by atoms with E-state index in [2.05, 4.69) is 4.98 Å². The summed E-state index contributed by atoms with van der Waals surface area (Å²) in [7, 11) is 1.93. The van der Waals surface area contributed by atoms with Gasteiger partial charge in [0.1, 0.15) is 5.82 Å². The van der Waals surface area contributed by atoms with Gasteiger partial charge in [0.2, 0.25) is 0 Å². The van der Waals surface area contributed by atoms with E-state index in [1.54, 1.807) is 6.07 Å². The molecule has 0 saturated carbocycles. The maximum absolute atomic E-state index is 11.2. The Kier molecular flexibility index (Phi) is 2.28. The molecule has 0 saturated heterocycles. The third kappa shape index (κ3) is 1.97. The molecule has 0 amide bonds. The zero-order chi connectivity index (χ0) is 10.2. The van der Waals surface area contributed by atoms with Gasteiger partial charge in [0.15, 0.2) is 0 Å². The average molecular weight is 180 g/mol. The molecule has 1 aromatic heterocycles. The van der Waals surface area contributed by atoms with Crippen LogP contribution in [0.1, 0.15) is 32.3 Å². The van der Waals surface area contributed by atoms with Crippen molar-refractivity contribution in [1.82, 2.24) is 9.55 Å². The molecular formula is C10H16N2O. The predicted octanol–water partition coefficient (Wildman–Crippen LogP) is 1.39. The number of hydrogen-bond acceptors (Lipinski definition) is 2. The molecule has 0 spiro atoms. The average Bonchev–Trinajstić information content (AvgIpc) is 1.94. The van der Waals surface area contributed by atoms with E-state index in [0.717, 1.165) is 11.5 Å². The van der Waals surface area contributed by atoms with Crippen molar-refractivity contribution in [3.05, 3.63) is 27.9 Å². The summed E-state index contributed by atoms with van der Waals surface area (Å²) in [5, 5.41) is 0. The largest absolute Gasteiger partial charge is 0.336 e. The molecule has 1 heterocycles. The Balaban J connectivity index is 3.46. The second-order valence-corrected chi connectivity index (χ2v) is 4.37. The number of nitrogens with zero attached hydrogens (tertiary/aromatic N) is 2. The van der Waals surface area contributed by atoms with Crippen LogP contribution in [0, 0.1) is 6.92 Å². The molecule has 1 aromatic rings. The molecule has 3 heteroatoms. The normalized spacial score (nSPS) is 11.8. The predicted molar refractivity (Wildman–Crippen MR) is 52.9 cm³/mol. The minimum Gasteiger partial charge on any atom is -0.336 e. The van der Waals surface area contributed by atoms with Gasteiger partial charge in [-0.25, -0.2) is 0 Å². The number of aromatic nitrogens is 2. The molecule has 0 atom stereocenters. The molecule has 0 bridgehead atoms. The lowest BCUT2D eigenvalue weighted by molar-refractivity contribution is 0.503. The highest BCUT2D eigenvalue weighted by atomic mass is 16.1. The maximum atomic E-state index is 11.2. The van der Waals surface area contributed by atoms with Gasteiger partial charge in [-0.3, -0.25) is 4.79 Å². The fourth-order valence-electron chi connectivity index (χ4n) is 1.33. The molecule has 0 N–H and O–H groups in total. The van der Waals surface area contributed by atoms with Crippen LogP contribution in [-0.4, -0.2) is 9.55 Å². The van der Waals surface area contributed by atoms with Gasteiger partial charge in [-0.05, 0) is 6.92 Å². The summed E-state index contributed by atoms with van der Waals surface area (Å²) in [5.74, 6) is 0.831. The van der Waals surface area contributed by atoms with Crippen LogP contribution in [0.3, 0.4) is 0 Å². The van der Waals surface area contributed by atoms with Crippen LogP contribution in [0.25, 0.3) is 0 Å². The smallest absolute Gasteiger partial charge is 0.273 e.